The van der Waals surface area contributed by atoms with Crippen molar-refractivity contribution in [3.63, 3.8) is 0 Å². The molecule has 3 aromatic rings. The van der Waals surface area contributed by atoms with Crippen LogP contribution >= 0.6 is 0 Å². The number of ether oxygens (including phenoxy) is 2. The maximum Gasteiger partial charge on any atom is 0.287 e. The lowest BCUT2D eigenvalue weighted by Crippen LogP contribution is -2.17. The minimum Gasteiger partial charge on any atom is -0.508 e. The van der Waals surface area contributed by atoms with Crippen LogP contribution in [0.25, 0.3) is 10.9 Å². The van der Waals surface area contributed by atoms with Gasteiger partial charge in [-0.1, -0.05) is 0 Å². The first-order chi connectivity index (χ1) is 12.5. The highest BCUT2D eigenvalue weighted by molar-refractivity contribution is 6.01. The van der Waals surface area contributed by atoms with Gasteiger partial charge in [0.2, 0.25) is 0 Å². The van der Waals surface area contributed by atoms with Gasteiger partial charge in [-0.2, -0.15) is 5.10 Å². The summed E-state index contributed by atoms with van der Waals surface area (Å²) in [6, 6.07) is 9.19. The molecule has 3 rings (SSSR count). The summed E-state index contributed by atoms with van der Waals surface area (Å²) in [5.74, 6) is 0.499. The van der Waals surface area contributed by atoms with Crippen LogP contribution in [0.15, 0.2) is 41.5 Å². The van der Waals surface area contributed by atoms with E-state index in [0.717, 1.165) is 0 Å². The Hall–Kier alpha value is -3.68. The summed E-state index contributed by atoms with van der Waals surface area (Å²) < 4.78 is 10.6. The van der Waals surface area contributed by atoms with Crippen LogP contribution in [0.2, 0.25) is 0 Å². The third kappa shape index (κ3) is 3.25. The van der Waals surface area contributed by atoms with Gasteiger partial charge in [0.05, 0.1) is 26.0 Å². The van der Waals surface area contributed by atoms with Crippen molar-refractivity contribution in [1.29, 1.82) is 0 Å². The molecule has 134 valence electrons. The molecule has 0 aliphatic heterocycles. The molecule has 0 unspecified atom stereocenters. The highest BCUT2D eigenvalue weighted by Crippen LogP contribution is 2.33. The lowest BCUT2D eigenvalue weighted by Gasteiger charge is -2.05. The number of phenolic OH excluding ortho intramolecular Hbond substituents is 2. The SMILES string of the molecule is COc1ccc(OC)c2[nH]c(C(=O)N/N=C\c3ccc(O)cc3O)cc12. The Balaban J connectivity index is 1.82. The number of carbonyl (C=O) groups excluding carboxylic acids is 1. The number of hydrogen-bond donors (Lipinski definition) is 4. The fourth-order valence-corrected chi connectivity index (χ4v) is 2.50. The Morgan fingerprint density at radius 3 is 2.54 bits per heavy atom. The topological polar surface area (TPSA) is 116 Å². The normalized spacial score (nSPS) is 11.0. The molecule has 4 N–H and O–H groups in total. The molecule has 1 amide bonds. The van der Waals surface area contributed by atoms with Gasteiger partial charge in [0.25, 0.3) is 5.91 Å². The quantitative estimate of drug-likeness (QED) is 0.414. The van der Waals surface area contributed by atoms with Crippen LogP contribution < -0.4 is 14.9 Å². The molecule has 0 fully saturated rings. The second kappa shape index (κ2) is 7.06. The van der Waals surface area contributed by atoms with E-state index in [1.54, 1.807) is 25.3 Å². The summed E-state index contributed by atoms with van der Waals surface area (Å²) in [7, 11) is 3.08. The maximum absolute atomic E-state index is 12.3. The summed E-state index contributed by atoms with van der Waals surface area (Å²) in [6.07, 6.45) is 1.27. The maximum atomic E-state index is 12.3. The average molecular weight is 355 g/mol. The lowest BCUT2D eigenvalue weighted by atomic mass is 10.2. The second-order valence-corrected chi connectivity index (χ2v) is 5.38. The monoisotopic (exact) mass is 355 g/mol. The van der Waals surface area contributed by atoms with Crippen LogP contribution in [0, 0.1) is 0 Å². The first-order valence-electron chi connectivity index (χ1n) is 7.62. The van der Waals surface area contributed by atoms with Gasteiger partial charge in [-0.25, -0.2) is 5.43 Å². The van der Waals surface area contributed by atoms with Gasteiger partial charge in [-0.15, -0.1) is 0 Å². The molecule has 0 aliphatic carbocycles. The number of rotatable bonds is 5. The third-order valence-electron chi connectivity index (χ3n) is 3.78. The number of H-pyrrole nitrogens is 1. The number of carbonyl (C=O) groups is 1. The Morgan fingerprint density at radius 1 is 1.12 bits per heavy atom. The Kier molecular flexibility index (Phi) is 4.66. The van der Waals surface area contributed by atoms with Crippen LogP contribution in [0.1, 0.15) is 16.1 Å². The minimum atomic E-state index is -0.472. The lowest BCUT2D eigenvalue weighted by molar-refractivity contribution is 0.0951. The van der Waals surface area contributed by atoms with Crippen LogP contribution in [0.5, 0.6) is 23.0 Å². The van der Waals surface area contributed by atoms with Gasteiger partial charge < -0.3 is 24.7 Å². The van der Waals surface area contributed by atoms with Crippen LogP contribution in [-0.4, -0.2) is 41.5 Å². The fourth-order valence-electron chi connectivity index (χ4n) is 2.50. The molecule has 1 aromatic heterocycles. The highest BCUT2D eigenvalue weighted by Gasteiger charge is 2.15. The number of aromatic hydroxyl groups is 2. The van der Waals surface area contributed by atoms with Gasteiger partial charge in [-0.05, 0) is 30.3 Å². The molecule has 8 nitrogen and oxygen atoms in total. The molecule has 0 aliphatic rings. The molecule has 0 spiro atoms. The summed E-state index contributed by atoms with van der Waals surface area (Å²) in [5.41, 5.74) is 3.63. The number of hydrazone groups is 1. The van der Waals surface area contributed by atoms with Gasteiger partial charge in [0.1, 0.15) is 28.7 Å². The third-order valence-corrected chi connectivity index (χ3v) is 3.78. The van der Waals surface area contributed by atoms with Gasteiger partial charge in [-0.3, -0.25) is 4.79 Å². The van der Waals surface area contributed by atoms with Gasteiger partial charge in [0.15, 0.2) is 0 Å². The van der Waals surface area contributed by atoms with Crippen molar-refractivity contribution in [3.8, 4) is 23.0 Å². The molecule has 0 radical (unpaired) electrons. The largest absolute Gasteiger partial charge is 0.508 e. The van der Waals surface area contributed by atoms with Crippen molar-refractivity contribution >= 4 is 23.0 Å². The smallest absolute Gasteiger partial charge is 0.287 e. The zero-order valence-electron chi connectivity index (χ0n) is 14.1. The van der Waals surface area contributed by atoms with Crippen molar-refractivity contribution in [3.05, 3.63) is 47.7 Å². The Morgan fingerprint density at radius 2 is 1.85 bits per heavy atom. The molecular formula is C18H17N3O5. The van der Waals surface area contributed by atoms with E-state index in [1.807, 2.05) is 0 Å². The number of amides is 1. The highest BCUT2D eigenvalue weighted by atomic mass is 16.5. The number of nitrogens with zero attached hydrogens (tertiary/aromatic N) is 1. The molecular weight excluding hydrogens is 338 g/mol. The minimum absolute atomic E-state index is 0.0651. The molecule has 0 atom stereocenters. The fraction of sp³-hybridized carbons (Fsp3) is 0.111. The second-order valence-electron chi connectivity index (χ2n) is 5.38. The van der Waals surface area contributed by atoms with E-state index in [2.05, 4.69) is 15.5 Å². The molecule has 26 heavy (non-hydrogen) atoms. The summed E-state index contributed by atoms with van der Waals surface area (Å²) in [5, 5.41) is 23.5. The van der Waals surface area contributed by atoms with E-state index < -0.39 is 5.91 Å². The van der Waals surface area contributed by atoms with E-state index in [0.29, 0.717) is 28.0 Å². The Labute approximate surface area is 148 Å². The molecule has 0 saturated heterocycles. The van der Waals surface area contributed by atoms with Gasteiger partial charge >= 0.3 is 0 Å². The number of phenols is 2. The first-order valence-corrected chi connectivity index (χ1v) is 7.62. The summed E-state index contributed by atoms with van der Waals surface area (Å²) >= 11 is 0. The van der Waals surface area contributed by atoms with E-state index in [-0.39, 0.29) is 17.2 Å². The van der Waals surface area contributed by atoms with Crippen molar-refractivity contribution < 1.29 is 24.5 Å². The number of hydrogen-bond acceptors (Lipinski definition) is 6. The van der Waals surface area contributed by atoms with Crippen LogP contribution in [0.4, 0.5) is 0 Å². The van der Waals surface area contributed by atoms with Crippen molar-refractivity contribution in [2.24, 2.45) is 5.10 Å². The summed E-state index contributed by atoms with van der Waals surface area (Å²) in [4.78, 5) is 15.3. The van der Waals surface area contributed by atoms with E-state index in [1.165, 1.54) is 31.5 Å². The number of aromatic nitrogens is 1. The average Bonchev–Trinajstić information content (AvgIpc) is 3.08. The summed E-state index contributed by atoms with van der Waals surface area (Å²) in [6.45, 7) is 0. The number of nitrogens with one attached hydrogen (secondary N) is 2. The number of fused-ring (bicyclic) bond motifs is 1. The van der Waals surface area contributed by atoms with Gasteiger partial charge in [0, 0.05) is 17.0 Å². The molecule has 1 heterocycles. The zero-order valence-corrected chi connectivity index (χ0v) is 14.1. The first kappa shape index (κ1) is 17.2. The molecule has 0 saturated carbocycles. The van der Waals surface area contributed by atoms with Crippen molar-refractivity contribution in [2.45, 2.75) is 0 Å². The number of methoxy groups -OCH3 is 2. The van der Waals surface area contributed by atoms with Crippen LogP contribution in [0.3, 0.4) is 0 Å². The predicted octanol–water partition coefficient (Wildman–Crippen LogP) is 2.36. The molecule has 8 heteroatoms. The number of aromatic amines is 1. The zero-order chi connectivity index (χ0) is 18.7. The number of benzene rings is 2. The van der Waals surface area contributed by atoms with Crippen molar-refractivity contribution in [1.82, 2.24) is 10.4 Å². The molecule has 0 bridgehead atoms. The standard InChI is InChI=1S/C18H17N3O5/c1-25-15-5-6-16(26-2)17-12(15)8-13(20-17)18(24)21-19-9-10-3-4-11(22)7-14(10)23/h3-9,20,22-23H,1-2H3,(H,21,24)/b19-9-. The van der Waals surface area contributed by atoms with Crippen molar-refractivity contribution in [2.75, 3.05) is 14.2 Å². The van der Waals surface area contributed by atoms with E-state index in [9.17, 15) is 15.0 Å². The van der Waals surface area contributed by atoms with Crippen LogP contribution in [-0.2, 0) is 0 Å². The predicted molar refractivity (Wildman–Crippen MR) is 96.2 cm³/mol. The van der Waals surface area contributed by atoms with E-state index >= 15 is 0 Å². The molecule has 2 aromatic carbocycles. The van der Waals surface area contributed by atoms with E-state index in [4.69, 9.17) is 9.47 Å². The Bertz CT molecular complexity index is 953.